The van der Waals surface area contributed by atoms with E-state index < -0.39 is 17.7 Å². The molecule has 0 aliphatic heterocycles. The predicted molar refractivity (Wildman–Crippen MR) is 67.2 cm³/mol. The standard InChI is InChI=1S/C12H9BrF2OS/c1-6-8(5-11(13)17-6)12(16)7-2-3-9(14)10(15)4-7/h2-5,12,16H,1H3. The van der Waals surface area contributed by atoms with Crippen LogP contribution in [0.4, 0.5) is 8.78 Å². The van der Waals surface area contributed by atoms with Gasteiger partial charge in [0.2, 0.25) is 0 Å². The molecule has 1 N–H and O–H groups in total. The number of thiophene rings is 1. The van der Waals surface area contributed by atoms with Gasteiger partial charge in [0.25, 0.3) is 0 Å². The molecule has 1 nitrogen and oxygen atoms in total. The third-order valence-corrected chi connectivity index (χ3v) is 4.05. The summed E-state index contributed by atoms with van der Waals surface area (Å²) in [5.74, 6) is -1.86. The first-order valence-corrected chi connectivity index (χ1v) is 6.49. The SMILES string of the molecule is Cc1sc(Br)cc1C(O)c1ccc(F)c(F)c1. The molecule has 2 aromatic rings. The maximum absolute atomic E-state index is 13.1. The fourth-order valence-corrected chi connectivity index (χ4v) is 3.33. The summed E-state index contributed by atoms with van der Waals surface area (Å²) in [5, 5.41) is 10.1. The van der Waals surface area contributed by atoms with Gasteiger partial charge >= 0.3 is 0 Å². The van der Waals surface area contributed by atoms with Gasteiger partial charge in [0, 0.05) is 4.88 Å². The van der Waals surface area contributed by atoms with Crippen LogP contribution in [-0.2, 0) is 0 Å². The summed E-state index contributed by atoms with van der Waals surface area (Å²) in [4.78, 5) is 0.939. The largest absolute Gasteiger partial charge is 0.384 e. The van der Waals surface area contributed by atoms with Crippen LogP contribution in [0, 0.1) is 18.6 Å². The molecule has 17 heavy (non-hydrogen) atoms. The second-order valence-electron chi connectivity index (χ2n) is 3.64. The Morgan fingerprint density at radius 1 is 1.24 bits per heavy atom. The van der Waals surface area contributed by atoms with Crippen LogP contribution in [-0.4, -0.2) is 5.11 Å². The first-order valence-electron chi connectivity index (χ1n) is 4.88. The van der Waals surface area contributed by atoms with Gasteiger partial charge in [-0.05, 0) is 52.2 Å². The molecule has 0 fully saturated rings. The van der Waals surface area contributed by atoms with Crippen molar-refractivity contribution in [2.45, 2.75) is 13.0 Å². The summed E-state index contributed by atoms with van der Waals surface area (Å²) >= 11 is 4.81. The maximum atomic E-state index is 13.1. The molecule has 5 heteroatoms. The Bertz CT molecular complexity index is 553. The number of aliphatic hydroxyl groups is 1. The molecule has 1 unspecified atom stereocenters. The lowest BCUT2D eigenvalue weighted by atomic mass is 10.0. The van der Waals surface area contributed by atoms with E-state index in [9.17, 15) is 13.9 Å². The van der Waals surface area contributed by atoms with E-state index in [1.54, 1.807) is 6.07 Å². The Balaban J connectivity index is 2.40. The minimum atomic E-state index is -0.950. The smallest absolute Gasteiger partial charge is 0.159 e. The Labute approximate surface area is 110 Å². The number of hydrogen-bond acceptors (Lipinski definition) is 2. The highest BCUT2D eigenvalue weighted by Crippen LogP contribution is 2.33. The van der Waals surface area contributed by atoms with Crippen molar-refractivity contribution in [3.8, 4) is 0 Å². The molecule has 1 aromatic carbocycles. The summed E-state index contributed by atoms with van der Waals surface area (Å²) in [5.41, 5.74) is 1.05. The number of halogens is 3. The molecule has 90 valence electrons. The molecule has 0 saturated carbocycles. The van der Waals surface area contributed by atoms with Gasteiger partial charge in [-0.3, -0.25) is 0 Å². The van der Waals surface area contributed by atoms with Gasteiger partial charge in [0.15, 0.2) is 11.6 Å². The molecule has 0 bridgehead atoms. The minimum absolute atomic E-state index is 0.345. The Kier molecular flexibility index (Phi) is 3.61. The van der Waals surface area contributed by atoms with Crippen LogP contribution >= 0.6 is 27.3 Å². The highest BCUT2D eigenvalue weighted by atomic mass is 79.9. The topological polar surface area (TPSA) is 20.2 Å². The zero-order valence-electron chi connectivity index (χ0n) is 8.88. The number of aliphatic hydroxyl groups excluding tert-OH is 1. The first-order chi connectivity index (χ1) is 7.99. The average Bonchev–Trinajstić information content (AvgIpc) is 2.61. The van der Waals surface area contributed by atoms with Crippen molar-refractivity contribution in [2.75, 3.05) is 0 Å². The van der Waals surface area contributed by atoms with Crippen LogP contribution in [0.5, 0.6) is 0 Å². The predicted octanol–water partition coefficient (Wildman–Crippen LogP) is 4.18. The molecule has 1 aromatic heterocycles. The van der Waals surface area contributed by atoms with E-state index in [2.05, 4.69) is 15.9 Å². The summed E-state index contributed by atoms with van der Waals surface area (Å²) in [6.45, 7) is 1.87. The highest BCUT2D eigenvalue weighted by Gasteiger charge is 2.17. The fourth-order valence-electron chi connectivity index (χ4n) is 1.59. The summed E-state index contributed by atoms with van der Waals surface area (Å²) in [6.07, 6.45) is -0.937. The second kappa shape index (κ2) is 4.84. The van der Waals surface area contributed by atoms with Gasteiger partial charge in [0.05, 0.1) is 3.79 Å². The number of benzene rings is 1. The molecule has 0 amide bonds. The first kappa shape index (κ1) is 12.7. The Hall–Kier alpha value is -0.780. The lowest BCUT2D eigenvalue weighted by Crippen LogP contribution is -2.01. The van der Waals surface area contributed by atoms with Crippen molar-refractivity contribution in [3.63, 3.8) is 0 Å². The molecular weight excluding hydrogens is 310 g/mol. The van der Waals surface area contributed by atoms with E-state index in [4.69, 9.17) is 0 Å². The Morgan fingerprint density at radius 3 is 2.47 bits per heavy atom. The van der Waals surface area contributed by atoms with Crippen molar-refractivity contribution in [3.05, 3.63) is 55.7 Å². The number of aryl methyl sites for hydroxylation is 1. The van der Waals surface area contributed by atoms with Crippen LogP contribution in [0.25, 0.3) is 0 Å². The van der Waals surface area contributed by atoms with E-state index in [1.807, 2.05) is 6.92 Å². The van der Waals surface area contributed by atoms with Crippen molar-refractivity contribution in [1.82, 2.24) is 0 Å². The molecule has 0 saturated heterocycles. The van der Waals surface area contributed by atoms with Crippen molar-refractivity contribution >= 4 is 27.3 Å². The molecule has 0 radical (unpaired) electrons. The van der Waals surface area contributed by atoms with Gasteiger partial charge in [-0.25, -0.2) is 8.78 Å². The van der Waals surface area contributed by atoms with E-state index >= 15 is 0 Å². The molecule has 2 rings (SSSR count). The molecule has 0 aliphatic rings. The van der Waals surface area contributed by atoms with Crippen molar-refractivity contribution < 1.29 is 13.9 Å². The molecule has 0 aliphatic carbocycles. The number of hydrogen-bond donors (Lipinski definition) is 1. The van der Waals surface area contributed by atoms with Crippen LogP contribution in [0.3, 0.4) is 0 Å². The highest BCUT2D eigenvalue weighted by molar-refractivity contribution is 9.11. The van der Waals surface area contributed by atoms with Gasteiger partial charge < -0.3 is 5.11 Å². The minimum Gasteiger partial charge on any atom is -0.384 e. The summed E-state index contributed by atoms with van der Waals surface area (Å²) < 4.78 is 26.7. The van der Waals surface area contributed by atoms with E-state index in [1.165, 1.54) is 17.4 Å². The van der Waals surface area contributed by atoms with E-state index in [0.717, 1.165) is 20.8 Å². The lowest BCUT2D eigenvalue weighted by molar-refractivity contribution is 0.219. The third-order valence-electron chi connectivity index (χ3n) is 2.48. The number of rotatable bonds is 2. The average molecular weight is 319 g/mol. The lowest BCUT2D eigenvalue weighted by Gasteiger charge is -2.11. The van der Waals surface area contributed by atoms with Crippen molar-refractivity contribution in [2.24, 2.45) is 0 Å². The summed E-state index contributed by atoms with van der Waals surface area (Å²) in [7, 11) is 0. The monoisotopic (exact) mass is 318 g/mol. The van der Waals surface area contributed by atoms with Crippen LogP contribution < -0.4 is 0 Å². The van der Waals surface area contributed by atoms with Gasteiger partial charge in [-0.2, -0.15) is 0 Å². The third kappa shape index (κ3) is 2.56. The quantitative estimate of drug-likeness (QED) is 0.880. The van der Waals surface area contributed by atoms with Gasteiger partial charge in [-0.15, -0.1) is 11.3 Å². The normalized spacial score (nSPS) is 12.8. The van der Waals surface area contributed by atoms with E-state index in [0.29, 0.717) is 11.1 Å². The Morgan fingerprint density at radius 2 is 1.94 bits per heavy atom. The molecule has 0 spiro atoms. The van der Waals surface area contributed by atoms with Crippen molar-refractivity contribution in [1.29, 1.82) is 0 Å². The van der Waals surface area contributed by atoms with E-state index in [-0.39, 0.29) is 0 Å². The van der Waals surface area contributed by atoms with Crippen LogP contribution in [0.2, 0.25) is 0 Å². The van der Waals surface area contributed by atoms with Gasteiger partial charge in [-0.1, -0.05) is 6.07 Å². The fraction of sp³-hybridized carbons (Fsp3) is 0.167. The second-order valence-corrected chi connectivity index (χ2v) is 6.27. The maximum Gasteiger partial charge on any atom is 0.159 e. The molecular formula is C12H9BrF2OS. The zero-order chi connectivity index (χ0) is 12.6. The molecule has 1 heterocycles. The molecule has 1 atom stereocenters. The zero-order valence-corrected chi connectivity index (χ0v) is 11.3. The van der Waals surface area contributed by atoms with Crippen LogP contribution in [0.1, 0.15) is 22.1 Å². The van der Waals surface area contributed by atoms with Crippen LogP contribution in [0.15, 0.2) is 28.1 Å². The van der Waals surface area contributed by atoms with Gasteiger partial charge in [0.1, 0.15) is 6.10 Å². The summed E-state index contributed by atoms with van der Waals surface area (Å²) in [6, 6.07) is 5.20.